The molecule has 5 nitrogen and oxygen atoms in total. The molecule has 352 valence electrons. The molecular weight excluding hydrogens is 765 g/mol. The van der Waals surface area contributed by atoms with E-state index in [1.165, 1.54) is 64.2 Å². The van der Waals surface area contributed by atoms with E-state index in [9.17, 15) is 9.59 Å². The van der Waals surface area contributed by atoms with Gasteiger partial charge in [0.2, 0.25) is 0 Å². The number of carbonyl (C=O) groups is 2. The van der Waals surface area contributed by atoms with Crippen LogP contribution in [-0.2, 0) is 23.8 Å². The van der Waals surface area contributed by atoms with Gasteiger partial charge in [-0.3, -0.25) is 9.59 Å². The van der Waals surface area contributed by atoms with Crippen LogP contribution in [0.25, 0.3) is 0 Å². The van der Waals surface area contributed by atoms with Crippen LogP contribution in [0.4, 0.5) is 0 Å². The highest BCUT2D eigenvalue weighted by molar-refractivity contribution is 5.70. The Hall–Kier alpha value is -3.44. The van der Waals surface area contributed by atoms with Crippen LogP contribution in [0.5, 0.6) is 0 Å². The van der Waals surface area contributed by atoms with Crippen LogP contribution < -0.4 is 0 Å². The van der Waals surface area contributed by atoms with Crippen molar-refractivity contribution in [2.45, 2.75) is 219 Å². The fourth-order valence-electron chi connectivity index (χ4n) is 6.60. The fraction of sp³-hybridized carbons (Fsp3) is 0.649. The number of unbranched alkanes of at least 4 members (excludes halogenated alkanes) is 16. The first kappa shape index (κ1) is 58.6. The lowest BCUT2D eigenvalue weighted by Gasteiger charge is -2.18. The van der Waals surface area contributed by atoms with E-state index in [1.807, 2.05) is 0 Å². The number of rotatable bonds is 45. The van der Waals surface area contributed by atoms with Gasteiger partial charge in [0, 0.05) is 19.4 Å². The van der Waals surface area contributed by atoms with Gasteiger partial charge in [0.05, 0.1) is 6.61 Å². The largest absolute Gasteiger partial charge is 0.462 e. The molecule has 0 heterocycles. The summed E-state index contributed by atoms with van der Waals surface area (Å²) in [4.78, 5) is 25.3. The van der Waals surface area contributed by atoms with Crippen molar-refractivity contribution < 1.29 is 23.8 Å². The standard InChI is InChI=1S/C57H94O5/c1-4-7-10-13-16-19-22-24-26-27-28-29-30-32-34-37-40-43-46-49-52-60-53-55(62-57(59)51-48-45-42-39-35-21-18-15-12-9-6-3)54-61-56(58)50-47-44-41-38-36-33-31-25-23-20-17-14-11-8-5-2/h7-8,10-11,16-17,19-20,24-26,28-29,31-32,34,40,43,55H,4-6,9,12-15,18,21-23,27,30,33,35-39,41-42,44-54H2,1-3H3/b10-7-,11-8-,19-16-,20-17-,26-24-,29-28-,31-25-,34-32-,43-40-. The Morgan fingerprint density at radius 2 is 0.726 bits per heavy atom. The van der Waals surface area contributed by atoms with E-state index >= 15 is 0 Å². The third-order valence-corrected chi connectivity index (χ3v) is 10.3. The molecule has 0 aliphatic carbocycles. The molecule has 0 aromatic rings. The minimum Gasteiger partial charge on any atom is -0.462 e. The maximum Gasteiger partial charge on any atom is 0.306 e. The summed E-state index contributed by atoms with van der Waals surface area (Å²) in [6, 6.07) is 0. The molecule has 0 N–H and O–H groups in total. The van der Waals surface area contributed by atoms with Gasteiger partial charge in [0.1, 0.15) is 6.61 Å². The third-order valence-electron chi connectivity index (χ3n) is 10.3. The Labute approximate surface area is 383 Å². The highest BCUT2D eigenvalue weighted by Gasteiger charge is 2.17. The summed E-state index contributed by atoms with van der Waals surface area (Å²) < 4.78 is 17.3. The number of allylic oxidation sites excluding steroid dienone is 18. The van der Waals surface area contributed by atoms with Gasteiger partial charge in [-0.2, -0.15) is 0 Å². The lowest BCUT2D eigenvalue weighted by Crippen LogP contribution is -2.30. The molecule has 0 aliphatic heterocycles. The number of carbonyl (C=O) groups excluding carboxylic acids is 2. The van der Waals surface area contributed by atoms with Crippen molar-refractivity contribution in [3.63, 3.8) is 0 Å². The first-order valence-electron chi connectivity index (χ1n) is 25.4. The molecule has 0 fully saturated rings. The van der Waals surface area contributed by atoms with Gasteiger partial charge in [0.25, 0.3) is 0 Å². The summed E-state index contributed by atoms with van der Waals surface area (Å²) >= 11 is 0. The smallest absolute Gasteiger partial charge is 0.306 e. The van der Waals surface area contributed by atoms with Crippen LogP contribution in [0, 0.1) is 0 Å². The van der Waals surface area contributed by atoms with Crippen LogP contribution in [0.3, 0.4) is 0 Å². The molecule has 0 saturated heterocycles. The lowest BCUT2D eigenvalue weighted by molar-refractivity contribution is -0.163. The van der Waals surface area contributed by atoms with Gasteiger partial charge in [-0.25, -0.2) is 0 Å². The van der Waals surface area contributed by atoms with Gasteiger partial charge in [0.15, 0.2) is 6.10 Å². The van der Waals surface area contributed by atoms with Crippen LogP contribution in [0.1, 0.15) is 213 Å². The van der Waals surface area contributed by atoms with Crippen molar-refractivity contribution >= 4 is 11.9 Å². The van der Waals surface area contributed by atoms with Crippen molar-refractivity contribution in [1.82, 2.24) is 0 Å². The molecule has 62 heavy (non-hydrogen) atoms. The quantitative estimate of drug-likeness (QED) is 0.0347. The minimum absolute atomic E-state index is 0.0486. The molecular formula is C57H94O5. The summed E-state index contributed by atoms with van der Waals surface area (Å²) in [5.74, 6) is -0.454. The predicted molar refractivity (Wildman–Crippen MR) is 269 cm³/mol. The van der Waals surface area contributed by atoms with Crippen molar-refractivity contribution in [1.29, 1.82) is 0 Å². The molecule has 0 rings (SSSR count). The Bertz CT molecular complexity index is 1250. The minimum atomic E-state index is -0.577. The summed E-state index contributed by atoms with van der Waals surface area (Å²) in [5.41, 5.74) is 0. The zero-order chi connectivity index (χ0) is 44.9. The molecule has 0 radical (unpaired) electrons. The number of ether oxygens (including phenoxy) is 3. The lowest BCUT2D eigenvalue weighted by atomic mass is 10.1. The van der Waals surface area contributed by atoms with E-state index < -0.39 is 6.10 Å². The second-order valence-electron chi connectivity index (χ2n) is 16.3. The van der Waals surface area contributed by atoms with Crippen LogP contribution in [0.15, 0.2) is 109 Å². The summed E-state index contributed by atoms with van der Waals surface area (Å²) in [6.07, 6.45) is 71.1. The SMILES string of the molecule is CC/C=C\C/C=C\C/C=C\C/C=C\C/C=C\C/C=C\CCCOCC(COC(=O)CCCCCCC/C=C\C/C=C\C/C=C\CC)OC(=O)CCCCCCCCCCCCC. The molecule has 0 aromatic carbocycles. The van der Waals surface area contributed by atoms with Crippen molar-refractivity contribution in [2.24, 2.45) is 0 Å². The highest BCUT2D eigenvalue weighted by Crippen LogP contribution is 2.13. The van der Waals surface area contributed by atoms with E-state index in [0.29, 0.717) is 19.4 Å². The Kier molecular flexibility index (Phi) is 49.0. The van der Waals surface area contributed by atoms with E-state index in [-0.39, 0.29) is 25.2 Å². The number of esters is 2. The first-order chi connectivity index (χ1) is 30.6. The van der Waals surface area contributed by atoms with E-state index in [4.69, 9.17) is 14.2 Å². The maximum absolute atomic E-state index is 12.8. The summed E-state index contributed by atoms with van der Waals surface area (Å²) in [7, 11) is 0. The van der Waals surface area contributed by atoms with Gasteiger partial charge in [-0.1, -0.05) is 214 Å². The average molecular weight is 859 g/mol. The molecule has 1 atom stereocenters. The molecule has 0 aliphatic rings. The van der Waals surface area contributed by atoms with Gasteiger partial charge < -0.3 is 14.2 Å². The third kappa shape index (κ3) is 49.2. The van der Waals surface area contributed by atoms with E-state index in [0.717, 1.165) is 116 Å². The van der Waals surface area contributed by atoms with E-state index in [1.54, 1.807) is 0 Å². The van der Waals surface area contributed by atoms with Gasteiger partial charge >= 0.3 is 11.9 Å². The van der Waals surface area contributed by atoms with E-state index in [2.05, 4.69) is 130 Å². The molecule has 1 unspecified atom stereocenters. The predicted octanol–water partition coefficient (Wildman–Crippen LogP) is 17.2. The molecule has 5 heteroatoms. The second-order valence-corrected chi connectivity index (χ2v) is 16.3. The average Bonchev–Trinajstić information content (AvgIpc) is 3.27. The van der Waals surface area contributed by atoms with Gasteiger partial charge in [-0.05, 0) is 96.3 Å². The van der Waals surface area contributed by atoms with Crippen molar-refractivity contribution in [3.8, 4) is 0 Å². The number of hydrogen-bond acceptors (Lipinski definition) is 5. The Morgan fingerprint density at radius 3 is 1.16 bits per heavy atom. The molecule has 0 spiro atoms. The molecule has 0 saturated carbocycles. The molecule has 0 aromatic heterocycles. The van der Waals surface area contributed by atoms with Crippen LogP contribution >= 0.6 is 0 Å². The molecule has 0 amide bonds. The first-order valence-corrected chi connectivity index (χ1v) is 25.4. The second kappa shape index (κ2) is 51.9. The summed E-state index contributed by atoms with van der Waals surface area (Å²) in [5, 5.41) is 0. The number of hydrogen-bond donors (Lipinski definition) is 0. The normalized spacial score (nSPS) is 13.1. The monoisotopic (exact) mass is 859 g/mol. The maximum atomic E-state index is 12.8. The molecule has 0 bridgehead atoms. The van der Waals surface area contributed by atoms with Crippen LogP contribution in [0.2, 0.25) is 0 Å². The van der Waals surface area contributed by atoms with Crippen LogP contribution in [-0.4, -0.2) is 37.9 Å². The fourth-order valence-corrected chi connectivity index (χ4v) is 6.60. The zero-order valence-corrected chi connectivity index (χ0v) is 40.3. The topological polar surface area (TPSA) is 61.8 Å². The zero-order valence-electron chi connectivity index (χ0n) is 40.3. The summed E-state index contributed by atoms with van der Waals surface area (Å²) in [6.45, 7) is 7.43. The Balaban J connectivity index is 4.39. The van der Waals surface area contributed by atoms with Crippen molar-refractivity contribution in [2.75, 3.05) is 19.8 Å². The van der Waals surface area contributed by atoms with Crippen molar-refractivity contribution in [3.05, 3.63) is 109 Å². The highest BCUT2D eigenvalue weighted by atomic mass is 16.6. The van der Waals surface area contributed by atoms with Gasteiger partial charge in [-0.15, -0.1) is 0 Å². The Morgan fingerprint density at radius 1 is 0.371 bits per heavy atom.